The van der Waals surface area contributed by atoms with E-state index in [2.05, 4.69) is 27.3 Å². The first-order valence-corrected chi connectivity index (χ1v) is 4.47. The third-order valence-corrected chi connectivity index (χ3v) is 2.30. The summed E-state index contributed by atoms with van der Waals surface area (Å²) in [6.45, 7) is 2.82. The fourth-order valence-corrected chi connectivity index (χ4v) is 1.26. The molecular formula is C9H13N5. The van der Waals surface area contributed by atoms with Gasteiger partial charge >= 0.3 is 0 Å². The first-order chi connectivity index (χ1) is 6.77. The predicted octanol–water partition coefficient (Wildman–Crippen LogP) is 1.06. The molecule has 2 rings (SSSR count). The molecule has 5 nitrogen and oxygen atoms in total. The van der Waals surface area contributed by atoms with Crippen molar-refractivity contribution in [3.8, 4) is 0 Å². The summed E-state index contributed by atoms with van der Waals surface area (Å²) in [6, 6.07) is 0. The van der Waals surface area contributed by atoms with Crippen molar-refractivity contribution < 1.29 is 0 Å². The van der Waals surface area contributed by atoms with Crippen LogP contribution in [-0.4, -0.2) is 19.7 Å². The van der Waals surface area contributed by atoms with Gasteiger partial charge in [-0.25, -0.2) is 4.98 Å². The number of H-pyrrole nitrogens is 1. The van der Waals surface area contributed by atoms with Gasteiger partial charge in [-0.1, -0.05) is 0 Å². The lowest BCUT2D eigenvalue weighted by Crippen LogP contribution is -2.01. The summed E-state index contributed by atoms with van der Waals surface area (Å²) in [5, 5.41) is 7.39. The number of aromatic nitrogens is 4. The molecule has 74 valence electrons. The zero-order valence-electron chi connectivity index (χ0n) is 8.28. The lowest BCUT2D eigenvalue weighted by Gasteiger charge is -2.02. The zero-order valence-corrected chi connectivity index (χ0v) is 8.28. The molecule has 0 radical (unpaired) electrons. The highest BCUT2D eigenvalue weighted by Crippen LogP contribution is 2.08. The summed E-state index contributed by atoms with van der Waals surface area (Å²) in [7, 11) is 1.94. The molecule has 5 heteroatoms. The Morgan fingerprint density at radius 3 is 2.93 bits per heavy atom. The van der Waals surface area contributed by atoms with Gasteiger partial charge < -0.3 is 10.3 Å². The van der Waals surface area contributed by atoms with Crippen LogP contribution in [0.3, 0.4) is 0 Å². The van der Waals surface area contributed by atoms with E-state index in [4.69, 9.17) is 0 Å². The van der Waals surface area contributed by atoms with Crippen LogP contribution in [0, 0.1) is 6.92 Å². The standard InChI is InChI=1S/C9H13N5/c1-7-8(4-13-14(7)2)3-11-9-5-10-6-12-9/h4-6,11H,3H2,1-2H3,(H,10,12). The minimum Gasteiger partial charge on any atom is -0.366 e. The van der Waals surface area contributed by atoms with Crippen molar-refractivity contribution in [1.82, 2.24) is 19.7 Å². The molecule has 2 N–H and O–H groups in total. The van der Waals surface area contributed by atoms with E-state index in [-0.39, 0.29) is 0 Å². The molecule has 0 saturated carbocycles. The summed E-state index contributed by atoms with van der Waals surface area (Å²) in [4.78, 5) is 6.91. The molecule has 0 aliphatic carbocycles. The Labute approximate surface area is 82.2 Å². The number of imidazole rings is 1. The van der Waals surface area contributed by atoms with Crippen molar-refractivity contribution in [1.29, 1.82) is 0 Å². The minimum atomic E-state index is 0.766. The van der Waals surface area contributed by atoms with E-state index in [0.29, 0.717) is 0 Å². The predicted molar refractivity (Wildman–Crippen MR) is 53.9 cm³/mol. The zero-order chi connectivity index (χ0) is 9.97. The highest BCUT2D eigenvalue weighted by molar-refractivity contribution is 5.32. The largest absolute Gasteiger partial charge is 0.366 e. The number of rotatable bonds is 3. The van der Waals surface area contributed by atoms with Crippen LogP contribution in [0.15, 0.2) is 18.7 Å². The van der Waals surface area contributed by atoms with Gasteiger partial charge in [0.15, 0.2) is 0 Å². The Hall–Kier alpha value is -1.78. The monoisotopic (exact) mass is 191 g/mol. The molecule has 0 fully saturated rings. The molecule has 2 heterocycles. The maximum atomic E-state index is 4.17. The molecule has 0 aromatic carbocycles. The number of hydrogen-bond acceptors (Lipinski definition) is 3. The molecule has 0 aliphatic heterocycles. The minimum absolute atomic E-state index is 0.766. The quantitative estimate of drug-likeness (QED) is 0.762. The first-order valence-electron chi connectivity index (χ1n) is 4.47. The fraction of sp³-hybridized carbons (Fsp3) is 0.333. The van der Waals surface area contributed by atoms with Gasteiger partial charge in [-0.3, -0.25) is 4.68 Å². The number of nitrogens with one attached hydrogen (secondary N) is 2. The van der Waals surface area contributed by atoms with Crippen LogP contribution in [0.4, 0.5) is 5.82 Å². The molecule has 0 spiro atoms. The van der Waals surface area contributed by atoms with Crippen molar-refractivity contribution in [2.45, 2.75) is 13.5 Å². The van der Waals surface area contributed by atoms with Crippen molar-refractivity contribution in [3.05, 3.63) is 30.0 Å². The number of aromatic amines is 1. The Kier molecular flexibility index (Phi) is 2.22. The number of nitrogens with zero attached hydrogens (tertiary/aromatic N) is 3. The second-order valence-corrected chi connectivity index (χ2v) is 3.20. The van der Waals surface area contributed by atoms with Crippen molar-refractivity contribution in [2.75, 3.05) is 5.32 Å². The normalized spacial score (nSPS) is 10.4. The van der Waals surface area contributed by atoms with Crippen LogP contribution in [0.25, 0.3) is 0 Å². The van der Waals surface area contributed by atoms with E-state index < -0.39 is 0 Å². The molecule has 0 aliphatic rings. The first kappa shape index (κ1) is 8.80. The van der Waals surface area contributed by atoms with Crippen molar-refractivity contribution in [2.24, 2.45) is 7.05 Å². The van der Waals surface area contributed by atoms with Crippen LogP contribution in [0.5, 0.6) is 0 Å². The van der Waals surface area contributed by atoms with Gasteiger partial charge in [-0.2, -0.15) is 5.10 Å². The third-order valence-electron chi connectivity index (χ3n) is 2.30. The van der Waals surface area contributed by atoms with Crippen molar-refractivity contribution >= 4 is 5.82 Å². The van der Waals surface area contributed by atoms with Gasteiger partial charge in [0.25, 0.3) is 0 Å². The summed E-state index contributed by atoms with van der Waals surface area (Å²) < 4.78 is 1.87. The average molecular weight is 191 g/mol. The molecule has 0 unspecified atom stereocenters. The van der Waals surface area contributed by atoms with Gasteiger partial charge in [0.2, 0.25) is 0 Å². The van der Waals surface area contributed by atoms with E-state index in [9.17, 15) is 0 Å². The highest BCUT2D eigenvalue weighted by atomic mass is 15.3. The van der Waals surface area contributed by atoms with E-state index in [0.717, 1.165) is 12.4 Å². The molecule has 2 aromatic heterocycles. The van der Waals surface area contributed by atoms with Gasteiger partial charge in [-0.15, -0.1) is 0 Å². The second kappa shape index (κ2) is 3.53. The Bertz CT molecular complexity index is 401. The SMILES string of the molecule is Cc1c(CNc2cnc[nH]2)cnn1C. The molecule has 0 amide bonds. The smallest absolute Gasteiger partial charge is 0.123 e. The number of hydrogen-bond donors (Lipinski definition) is 2. The topological polar surface area (TPSA) is 58.5 Å². The maximum absolute atomic E-state index is 4.17. The van der Waals surface area contributed by atoms with E-state index in [1.54, 1.807) is 12.5 Å². The van der Waals surface area contributed by atoms with Gasteiger partial charge in [0.05, 0.1) is 18.7 Å². The third kappa shape index (κ3) is 1.61. The van der Waals surface area contributed by atoms with Gasteiger partial charge in [0.1, 0.15) is 5.82 Å². The van der Waals surface area contributed by atoms with Gasteiger partial charge in [0, 0.05) is 24.8 Å². The van der Waals surface area contributed by atoms with Crippen LogP contribution < -0.4 is 5.32 Å². The van der Waals surface area contributed by atoms with Crippen molar-refractivity contribution in [3.63, 3.8) is 0 Å². The van der Waals surface area contributed by atoms with Crippen LogP contribution in [0.2, 0.25) is 0 Å². The van der Waals surface area contributed by atoms with E-state index in [1.165, 1.54) is 11.3 Å². The number of anilines is 1. The van der Waals surface area contributed by atoms with Crippen LogP contribution in [-0.2, 0) is 13.6 Å². The maximum Gasteiger partial charge on any atom is 0.123 e. The van der Waals surface area contributed by atoms with Crippen LogP contribution in [0.1, 0.15) is 11.3 Å². The number of aryl methyl sites for hydroxylation is 1. The summed E-state index contributed by atoms with van der Waals surface area (Å²) in [5.74, 6) is 0.924. The molecule has 0 saturated heterocycles. The fourth-order valence-electron chi connectivity index (χ4n) is 1.26. The Balaban J connectivity index is 2.02. The molecule has 14 heavy (non-hydrogen) atoms. The molecule has 2 aromatic rings. The Morgan fingerprint density at radius 2 is 2.36 bits per heavy atom. The second-order valence-electron chi connectivity index (χ2n) is 3.20. The lowest BCUT2D eigenvalue weighted by atomic mass is 10.2. The van der Waals surface area contributed by atoms with Gasteiger partial charge in [-0.05, 0) is 6.92 Å². The summed E-state index contributed by atoms with van der Waals surface area (Å²) >= 11 is 0. The molecule has 0 bridgehead atoms. The van der Waals surface area contributed by atoms with Crippen LogP contribution >= 0.6 is 0 Å². The van der Waals surface area contributed by atoms with E-state index in [1.807, 2.05) is 17.9 Å². The molecule has 0 atom stereocenters. The average Bonchev–Trinajstić information content (AvgIpc) is 2.77. The Morgan fingerprint density at radius 1 is 1.50 bits per heavy atom. The molecular weight excluding hydrogens is 178 g/mol. The summed E-state index contributed by atoms with van der Waals surface area (Å²) in [6.07, 6.45) is 5.28. The lowest BCUT2D eigenvalue weighted by molar-refractivity contribution is 0.738. The van der Waals surface area contributed by atoms with E-state index >= 15 is 0 Å². The highest BCUT2D eigenvalue weighted by Gasteiger charge is 2.02. The summed E-state index contributed by atoms with van der Waals surface area (Å²) in [5.41, 5.74) is 2.37.